The van der Waals surface area contributed by atoms with Crippen LogP contribution in [0.15, 0.2) is 12.4 Å². The minimum Gasteiger partial charge on any atom is -0.342 e. The van der Waals surface area contributed by atoms with Crippen LogP contribution in [0.5, 0.6) is 0 Å². The summed E-state index contributed by atoms with van der Waals surface area (Å²) in [7, 11) is 0. The van der Waals surface area contributed by atoms with Crippen LogP contribution in [0.25, 0.3) is 0 Å². The lowest BCUT2D eigenvalue weighted by molar-refractivity contribution is -0.167. The summed E-state index contributed by atoms with van der Waals surface area (Å²) in [6.07, 6.45) is 10.1. The molecule has 4 saturated heterocycles. The van der Waals surface area contributed by atoms with E-state index < -0.39 is 0 Å². The number of hydrogen-bond acceptors (Lipinski definition) is 4. The average Bonchev–Trinajstić information content (AvgIpc) is 3.46. The van der Waals surface area contributed by atoms with Gasteiger partial charge in [0.15, 0.2) is 0 Å². The van der Waals surface area contributed by atoms with Crippen molar-refractivity contribution in [3.8, 4) is 0 Å². The standard InChI is InChI=1S/C22H31N5O3/c28-19(7-6-15-11-23-24-12-15)26-13-16-10-17(14-26)21(22(30)25-8-1-2-9-25)27-18(16)4-3-5-20(27)29/h11-12,16-18,21H,1-10,13-14H2,(H,23,24)/t16-,17+,18-,21+/m0/s1. The van der Waals surface area contributed by atoms with Crippen molar-refractivity contribution in [1.29, 1.82) is 0 Å². The van der Waals surface area contributed by atoms with Gasteiger partial charge in [-0.3, -0.25) is 19.5 Å². The molecule has 162 valence electrons. The van der Waals surface area contributed by atoms with Crippen molar-refractivity contribution in [3.05, 3.63) is 18.0 Å². The van der Waals surface area contributed by atoms with Crippen LogP contribution in [0, 0.1) is 11.8 Å². The molecule has 3 amide bonds. The van der Waals surface area contributed by atoms with Crippen molar-refractivity contribution in [3.63, 3.8) is 0 Å². The molecule has 0 aliphatic carbocycles. The summed E-state index contributed by atoms with van der Waals surface area (Å²) in [6, 6.07) is -0.287. The van der Waals surface area contributed by atoms with Gasteiger partial charge in [0.05, 0.1) is 6.20 Å². The maximum absolute atomic E-state index is 13.5. The van der Waals surface area contributed by atoms with Crippen LogP contribution in [0.4, 0.5) is 0 Å². The number of carbonyl (C=O) groups is 3. The zero-order valence-electron chi connectivity index (χ0n) is 17.5. The van der Waals surface area contributed by atoms with Gasteiger partial charge < -0.3 is 14.7 Å². The zero-order chi connectivity index (χ0) is 20.7. The van der Waals surface area contributed by atoms with Gasteiger partial charge in [-0.2, -0.15) is 5.10 Å². The molecule has 2 bridgehead atoms. The number of amides is 3. The van der Waals surface area contributed by atoms with Crippen molar-refractivity contribution >= 4 is 17.7 Å². The predicted molar refractivity (Wildman–Crippen MR) is 109 cm³/mol. The number of aryl methyl sites for hydroxylation is 1. The van der Waals surface area contributed by atoms with Crippen LogP contribution in [-0.4, -0.2) is 80.9 Å². The molecule has 4 atom stereocenters. The number of hydrogen-bond donors (Lipinski definition) is 1. The molecule has 0 spiro atoms. The second-order valence-corrected chi connectivity index (χ2v) is 9.40. The molecule has 1 aromatic heterocycles. The summed E-state index contributed by atoms with van der Waals surface area (Å²) in [5.41, 5.74) is 1.03. The van der Waals surface area contributed by atoms with Crippen LogP contribution >= 0.6 is 0 Å². The van der Waals surface area contributed by atoms with Crippen LogP contribution in [0.2, 0.25) is 0 Å². The van der Waals surface area contributed by atoms with E-state index in [-0.39, 0.29) is 41.6 Å². The molecule has 1 N–H and O–H groups in total. The minimum atomic E-state index is -0.387. The molecule has 0 unspecified atom stereocenters. The third-order valence-electron chi connectivity index (χ3n) is 7.55. The van der Waals surface area contributed by atoms with E-state index in [0.29, 0.717) is 32.4 Å². The van der Waals surface area contributed by atoms with E-state index in [2.05, 4.69) is 10.2 Å². The molecule has 5 rings (SSSR count). The number of fused-ring (bicyclic) bond motifs is 4. The first-order valence-corrected chi connectivity index (χ1v) is 11.5. The molecule has 4 fully saturated rings. The molecule has 0 saturated carbocycles. The second-order valence-electron chi connectivity index (χ2n) is 9.40. The van der Waals surface area contributed by atoms with E-state index in [4.69, 9.17) is 0 Å². The number of piperidine rings is 3. The third kappa shape index (κ3) is 3.50. The fourth-order valence-corrected chi connectivity index (χ4v) is 6.13. The molecule has 8 heteroatoms. The molecule has 0 aromatic carbocycles. The van der Waals surface area contributed by atoms with Gasteiger partial charge in [-0.15, -0.1) is 0 Å². The maximum atomic E-state index is 13.5. The minimum absolute atomic E-state index is 0.0491. The molecule has 0 radical (unpaired) electrons. The highest BCUT2D eigenvalue weighted by Gasteiger charge is 2.53. The van der Waals surface area contributed by atoms with Crippen LogP contribution in [0.1, 0.15) is 50.5 Å². The largest absolute Gasteiger partial charge is 0.342 e. The smallest absolute Gasteiger partial charge is 0.245 e. The third-order valence-corrected chi connectivity index (χ3v) is 7.55. The van der Waals surface area contributed by atoms with Crippen molar-refractivity contribution in [1.82, 2.24) is 24.9 Å². The lowest BCUT2D eigenvalue weighted by Gasteiger charge is -2.56. The summed E-state index contributed by atoms with van der Waals surface area (Å²) in [5.74, 6) is 0.734. The van der Waals surface area contributed by atoms with Gasteiger partial charge in [-0.1, -0.05) is 0 Å². The van der Waals surface area contributed by atoms with Crippen LogP contribution in [0.3, 0.4) is 0 Å². The summed E-state index contributed by atoms with van der Waals surface area (Å²) in [5, 5.41) is 6.74. The van der Waals surface area contributed by atoms with Gasteiger partial charge >= 0.3 is 0 Å². The topological polar surface area (TPSA) is 89.6 Å². The summed E-state index contributed by atoms with van der Waals surface area (Å²) in [6.45, 7) is 2.89. The molecule has 1 aromatic rings. The Morgan fingerprint density at radius 1 is 1.10 bits per heavy atom. The normalized spacial score (nSPS) is 31.1. The number of H-pyrrole nitrogens is 1. The van der Waals surface area contributed by atoms with Gasteiger partial charge in [0.2, 0.25) is 17.7 Å². The van der Waals surface area contributed by atoms with Crippen molar-refractivity contribution in [2.75, 3.05) is 26.2 Å². The van der Waals surface area contributed by atoms with Crippen molar-refractivity contribution in [2.24, 2.45) is 11.8 Å². The molecule has 30 heavy (non-hydrogen) atoms. The Bertz CT molecular complexity index is 804. The highest BCUT2D eigenvalue weighted by molar-refractivity contribution is 5.89. The number of nitrogens with one attached hydrogen (secondary N) is 1. The summed E-state index contributed by atoms with van der Waals surface area (Å²) in [4.78, 5) is 45.3. The van der Waals surface area contributed by atoms with E-state index in [0.717, 1.165) is 50.8 Å². The Morgan fingerprint density at radius 3 is 2.67 bits per heavy atom. The van der Waals surface area contributed by atoms with Crippen LogP contribution in [-0.2, 0) is 20.8 Å². The Hall–Kier alpha value is -2.38. The zero-order valence-corrected chi connectivity index (χ0v) is 17.5. The summed E-state index contributed by atoms with van der Waals surface area (Å²) >= 11 is 0. The Morgan fingerprint density at radius 2 is 1.90 bits per heavy atom. The molecular weight excluding hydrogens is 382 g/mol. The summed E-state index contributed by atoms with van der Waals surface area (Å²) < 4.78 is 0. The van der Waals surface area contributed by atoms with E-state index in [9.17, 15) is 14.4 Å². The van der Waals surface area contributed by atoms with Crippen LogP contribution < -0.4 is 0 Å². The van der Waals surface area contributed by atoms with E-state index in [1.807, 2.05) is 20.9 Å². The maximum Gasteiger partial charge on any atom is 0.245 e. The van der Waals surface area contributed by atoms with E-state index >= 15 is 0 Å². The molecule has 8 nitrogen and oxygen atoms in total. The van der Waals surface area contributed by atoms with Crippen molar-refractivity contribution < 1.29 is 14.4 Å². The Balaban J connectivity index is 1.35. The second kappa shape index (κ2) is 8.04. The lowest BCUT2D eigenvalue weighted by Crippen LogP contribution is -2.68. The predicted octanol–water partition coefficient (Wildman–Crippen LogP) is 1.19. The molecule has 4 aliphatic heterocycles. The number of rotatable bonds is 4. The SMILES string of the molecule is O=C(CCc1cn[nH]c1)N1C[C@@H]2C[C@H](C1)[C@H](C(=O)N1CCCC1)N1C(=O)CCC[C@@H]21. The highest BCUT2D eigenvalue weighted by Crippen LogP contribution is 2.42. The molecular formula is C22H31N5O3. The quantitative estimate of drug-likeness (QED) is 0.803. The van der Waals surface area contributed by atoms with Crippen molar-refractivity contribution in [2.45, 2.75) is 63.5 Å². The van der Waals surface area contributed by atoms with Gasteiger partial charge in [-0.25, -0.2) is 0 Å². The van der Waals surface area contributed by atoms with Gasteiger partial charge in [0.1, 0.15) is 6.04 Å². The number of nitrogens with zero attached hydrogens (tertiary/aromatic N) is 4. The average molecular weight is 414 g/mol. The number of carbonyl (C=O) groups excluding carboxylic acids is 3. The first-order valence-electron chi connectivity index (χ1n) is 11.5. The fraction of sp³-hybridized carbons (Fsp3) is 0.727. The van der Waals surface area contributed by atoms with Gasteiger partial charge in [0, 0.05) is 57.2 Å². The Kier molecular flexibility index (Phi) is 5.25. The monoisotopic (exact) mass is 413 g/mol. The Labute approximate surface area is 177 Å². The fourth-order valence-electron chi connectivity index (χ4n) is 6.13. The number of likely N-dealkylation sites (tertiary alicyclic amines) is 2. The first kappa shape index (κ1) is 19.6. The molecule has 4 aliphatic rings. The number of aromatic amines is 1. The van der Waals surface area contributed by atoms with Gasteiger partial charge in [-0.05, 0) is 50.0 Å². The van der Waals surface area contributed by atoms with E-state index in [1.165, 1.54) is 0 Å². The first-order chi connectivity index (χ1) is 14.6. The number of aromatic nitrogens is 2. The molecule has 5 heterocycles. The van der Waals surface area contributed by atoms with Gasteiger partial charge in [0.25, 0.3) is 0 Å². The highest BCUT2D eigenvalue weighted by atomic mass is 16.2. The lowest BCUT2D eigenvalue weighted by atomic mass is 9.71. The van der Waals surface area contributed by atoms with E-state index in [1.54, 1.807) is 6.20 Å².